The number of aliphatic carboxylic acids is 1. The molecular formula is C17H21BrClNO2. The molecule has 120 valence electrons. The number of H-pyrrole nitrogens is 1. The van der Waals surface area contributed by atoms with Gasteiger partial charge in [-0.15, -0.1) is 11.6 Å². The molecule has 22 heavy (non-hydrogen) atoms. The summed E-state index contributed by atoms with van der Waals surface area (Å²) >= 11 is 10.2. The summed E-state index contributed by atoms with van der Waals surface area (Å²) in [4.78, 5) is 14.7. The van der Waals surface area contributed by atoms with E-state index in [1.165, 1.54) is 0 Å². The van der Waals surface area contributed by atoms with Gasteiger partial charge in [-0.05, 0) is 23.9 Å². The fourth-order valence-corrected chi connectivity index (χ4v) is 3.73. The van der Waals surface area contributed by atoms with Crippen molar-refractivity contribution in [3.8, 4) is 0 Å². The van der Waals surface area contributed by atoms with E-state index in [1.54, 1.807) is 0 Å². The largest absolute Gasteiger partial charge is 0.481 e. The van der Waals surface area contributed by atoms with E-state index < -0.39 is 5.97 Å². The number of aromatic amines is 1. The van der Waals surface area contributed by atoms with Gasteiger partial charge < -0.3 is 10.1 Å². The molecule has 0 spiro atoms. The average molecular weight is 387 g/mol. The van der Waals surface area contributed by atoms with E-state index in [0.717, 1.165) is 35.9 Å². The highest BCUT2D eigenvalue weighted by Gasteiger charge is 2.30. The second kappa shape index (κ2) is 8.02. The molecule has 5 heteroatoms. The summed E-state index contributed by atoms with van der Waals surface area (Å²) < 4.78 is 0. The van der Waals surface area contributed by atoms with Gasteiger partial charge in [-0.1, -0.05) is 53.9 Å². The number of halogens is 2. The van der Waals surface area contributed by atoms with Crippen LogP contribution in [0.1, 0.15) is 44.2 Å². The van der Waals surface area contributed by atoms with E-state index in [4.69, 9.17) is 11.6 Å². The zero-order valence-corrected chi connectivity index (χ0v) is 14.9. The number of benzene rings is 1. The summed E-state index contributed by atoms with van der Waals surface area (Å²) in [5.74, 6) is -1.07. The van der Waals surface area contributed by atoms with Crippen LogP contribution in [0.5, 0.6) is 0 Å². The fraction of sp³-hybridized carbons (Fsp3) is 0.471. The molecule has 0 aliphatic rings. The normalized spacial score (nSPS) is 15.6. The number of nitrogens with one attached hydrogen (secondary N) is 1. The van der Waals surface area contributed by atoms with E-state index in [0.29, 0.717) is 0 Å². The molecule has 1 heterocycles. The molecule has 0 saturated heterocycles. The van der Waals surface area contributed by atoms with E-state index in [2.05, 4.69) is 27.8 Å². The molecule has 2 aromatic rings. The molecule has 3 atom stereocenters. The number of rotatable bonds is 8. The molecule has 3 unspecified atom stereocenters. The predicted molar refractivity (Wildman–Crippen MR) is 95.2 cm³/mol. The van der Waals surface area contributed by atoms with Crippen LogP contribution in [0.4, 0.5) is 0 Å². The Morgan fingerprint density at radius 3 is 2.77 bits per heavy atom. The van der Waals surface area contributed by atoms with Crippen LogP contribution in [0.3, 0.4) is 0 Å². The molecule has 1 aromatic carbocycles. The lowest BCUT2D eigenvalue weighted by Crippen LogP contribution is -2.25. The molecule has 0 amide bonds. The molecule has 3 nitrogen and oxygen atoms in total. The van der Waals surface area contributed by atoms with Gasteiger partial charge >= 0.3 is 5.97 Å². The molecule has 0 saturated carbocycles. The maximum atomic E-state index is 11.3. The monoisotopic (exact) mass is 385 g/mol. The zero-order chi connectivity index (χ0) is 16.1. The van der Waals surface area contributed by atoms with Crippen LogP contribution >= 0.6 is 27.5 Å². The Bertz CT molecular complexity index is 595. The molecule has 0 bridgehead atoms. The topological polar surface area (TPSA) is 53.1 Å². The molecule has 2 rings (SSSR count). The first-order chi connectivity index (χ1) is 10.5. The predicted octanol–water partition coefficient (Wildman–Crippen LogP) is 5.29. The summed E-state index contributed by atoms with van der Waals surface area (Å²) in [6, 6.07) is 9.94. The highest BCUT2D eigenvalue weighted by molar-refractivity contribution is 9.09. The number of hydrogen-bond acceptors (Lipinski definition) is 1. The molecule has 0 aliphatic carbocycles. The minimum atomic E-state index is -0.829. The summed E-state index contributed by atoms with van der Waals surface area (Å²) in [5.41, 5.74) is 1.90. The maximum Gasteiger partial charge on any atom is 0.304 e. The molecule has 2 N–H and O–H groups in total. The lowest BCUT2D eigenvalue weighted by Gasteiger charge is -2.24. The summed E-state index contributed by atoms with van der Waals surface area (Å²) in [6.07, 6.45) is 3.14. The summed E-state index contributed by atoms with van der Waals surface area (Å²) in [6.45, 7) is 2.13. The summed E-state index contributed by atoms with van der Waals surface area (Å²) in [5, 5.41) is 10.1. The van der Waals surface area contributed by atoms with Crippen LogP contribution in [0.15, 0.2) is 30.3 Å². The highest BCUT2D eigenvalue weighted by Crippen LogP contribution is 2.35. The fourth-order valence-electron chi connectivity index (χ4n) is 2.69. The van der Waals surface area contributed by atoms with E-state index >= 15 is 0 Å². The number of fused-ring (bicyclic) bond motifs is 1. The minimum absolute atomic E-state index is 0.0230. The van der Waals surface area contributed by atoms with Crippen molar-refractivity contribution < 1.29 is 9.90 Å². The van der Waals surface area contributed by atoms with Crippen molar-refractivity contribution in [2.75, 3.05) is 0 Å². The smallest absolute Gasteiger partial charge is 0.304 e. The quantitative estimate of drug-likeness (QED) is 0.606. The first-order valence-corrected chi connectivity index (χ1v) is 8.95. The Kier molecular flexibility index (Phi) is 6.33. The number of aromatic nitrogens is 1. The van der Waals surface area contributed by atoms with Gasteiger partial charge in [0, 0.05) is 22.0 Å². The molecule has 0 radical (unpaired) electrons. The maximum absolute atomic E-state index is 11.3. The summed E-state index contributed by atoms with van der Waals surface area (Å²) in [7, 11) is 0. The third-order valence-electron chi connectivity index (χ3n) is 3.91. The van der Waals surface area contributed by atoms with E-state index in [1.807, 2.05) is 30.3 Å². The SMILES string of the molecule is CCCCC(Br)C(Cl)C(CC(=O)O)c1cc2ccccc2[nH]1. The Labute approximate surface area is 144 Å². The van der Waals surface area contributed by atoms with Crippen molar-refractivity contribution >= 4 is 44.4 Å². The number of para-hydroxylation sites is 1. The lowest BCUT2D eigenvalue weighted by molar-refractivity contribution is -0.137. The minimum Gasteiger partial charge on any atom is -0.481 e. The number of hydrogen-bond donors (Lipinski definition) is 2. The second-order valence-corrected chi connectivity index (χ2v) is 7.30. The molecule has 1 aromatic heterocycles. The number of carboxylic acids is 1. The Morgan fingerprint density at radius 2 is 2.14 bits per heavy atom. The molecular weight excluding hydrogens is 366 g/mol. The van der Waals surface area contributed by atoms with Crippen molar-refractivity contribution in [1.82, 2.24) is 4.98 Å². The first-order valence-electron chi connectivity index (χ1n) is 7.60. The van der Waals surface area contributed by atoms with Crippen LogP contribution in [-0.4, -0.2) is 26.3 Å². The third kappa shape index (κ3) is 4.26. The lowest BCUT2D eigenvalue weighted by atomic mass is 9.93. The van der Waals surface area contributed by atoms with E-state index in [-0.39, 0.29) is 22.5 Å². The van der Waals surface area contributed by atoms with Gasteiger partial charge in [-0.2, -0.15) is 0 Å². The zero-order valence-electron chi connectivity index (χ0n) is 12.6. The van der Waals surface area contributed by atoms with Gasteiger partial charge in [-0.3, -0.25) is 4.79 Å². The van der Waals surface area contributed by atoms with Crippen LogP contribution < -0.4 is 0 Å². The highest BCUT2D eigenvalue weighted by atomic mass is 79.9. The van der Waals surface area contributed by atoms with Crippen LogP contribution in [0, 0.1) is 0 Å². The van der Waals surface area contributed by atoms with Crippen molar-refractivity contribution in [3.63, 3.8) is 0 Å². The van der Waals surface area contributed by atoms with Crippen molar-refractivity contribution in [1.29, 1.82) is 0 Å². The van der Waals surface area contributed by atoms with Crippen molar-refractivity contribution in [3.05, 3.63) is 36.0 Å². The van der Waals surface area contributed by atoms with Gasteiger partial charge in [0.25, 0.3) is 0 Å². The van der Waals surface area contributed by atoms with Crippen molar-refractivity contribution in [2.45, 2.75) is 48.7 Å². The number of carbonyl (C=O) groups is 1. The van der Waals surface area contributed by atoms with E-state index in [9.17, 15) is 9.90 Å². The van der Waals surface area contributed by atoms with Crippen molar-refractivity contribution in [2.24, 2.45) is 0 Å². The molecule has 0 aliphatic heterocycles. The van der Waals surface area contributed by atoms with Gasteiger partial charge in [0.1, 0.15) is 0 Å². The average Bonchev–Trinajstić information content (AvgIpc) is 2.93. The Morgan fingerprint density at radius 1 is 1.41 bits per heavy atom. The van der Waals surface area contributed by atoms with Crippen LogP contribution in [0.2, 0.25) is 0 Å². The van der Waals surface area contributed by atoms with Gasteiger partial charge in [0.05, 0.1) is 11.8 Å². The van der Waals surface area contributed by atoms with Crippen LogP contribution in [-0.2, 0) is 4.79 Å². The number of alkyl halides is 2. The van der Waals surface area contributed by atoms with Gasteiger partial charge in [0.2, 0.25) is 0 Å². The standard InChI is InChI=1S/C17H21BrClNO2/c1-2-3-7-13(18)17(19)12(10-16(21)22)15-9-11-6-4-5-8-14(11)20-15/h4-6,8-9,12-13,17,20H,2-3,7,10H2,1H3,(H,21,22). The Hall–Kier alpha value is -1.00. The number of carboxylic acid groups (broad SMARTS) is 1. The third-order valence-corrected chi connectivity index (χ3v) is 5.85. The van der Waals surface area contributed by atoms with Crippen LogP contribution in [0.25, 0.3) is 10.9 Å². The second-order valence-electron chi connectivity index (χ2n) is 5.62. The number of unbranched alkanes of at least 4 members (excludes halogenated alkanes) is 1. The first kappa shape index (κ1) is 17.4. The van der Waals surface area contributed by atoms with Gasteiger partial charge in [-0.25, -0.2) is 0 Å². The Balaban J connectivity index is 2.26. The molecule has 0 fully saturated rings. The van der Waals surface area contributed by atoms with Gasteiger partial charge in [0.15, 0.2) is 0 Å².